The molecule has 0 fully saturated rings. The molecule has 1 N–H and O–H groups in total. The first-order valence-electron chi connectivity index (χ1n) is 15.1. The van der Waals surface area contributed by atoms with Crippen LogP contribution in [0.5, 0.6) is 0 Å². The number of aryl methyl sites for hydroxylation is 1. The van der Waals surface area contributed by atoms with E-state index in [0.717, 1.165) is 19.3 Å². The van der Waals surface area contributed by atoms with Crippen LogP contribution in [0.1, 0.15) is 75.8 Å². The molecule has 1 aliphatic carbocycles. The van der Waals surface area contributed by atoms with Crippen molar-refractivity contribution in [3.05, 3.63) is 137 Å². The Balaban J connectivity index is 1.50. The molecule has 1 heterocycles. The molecular formula is C40H45N. The van der Waals surface area contributed by atoms with Crippen LogP contribution in [0.2, 0.25) is 0 Å². The molecule has 5 rings (SSSR count). The van der Waals surface area contributed by atoms with Gasteiger partial charge in [0.2, 0.25) is 0 Å². The summed E-state index contributed by atoms with van der Waals surface area (Å²) < 4.78 is 0. The van der Waals surface area contributed by atoms with Gasteiger partial charge in [-0.15, -0.1) is 0 Å². The van der Waals surface area contributed by atoms with Crippen molar-refractivity contribution in [2.45, 2.75) is 66.7 Å². The number of nitrogens with one attached hydrogen (secondary N) is 1. The Labute approximate surface area is 247 Å². The summed E-state index contributed by atoms with van der Waals surface area (Å²) >= 11 is 0. The molecule has 0 amide bonds. The maximum Gasteiger partial charge on any atom is 0.0458 e. The quantitative estimate of drug-likeness (QED) is 0.214. The van der Waals surface area contributed by atoms with Crippen molar-refractivity contribution in [3.8, 4) is 22.4 Å². The topological polar surface area (TPSA) is 15.8 Å². The summed E-state index contributed by atoms with van der Waals surface area (Å²) in [5.41, 5.74) is 14.6. The van der Waals surface area contributed by atoms with Gasteiger partial charge < -0.3 is 4.98 Å². The lowest BCUT2D eigenvalue weighted by atomic mass is 9.73. The maximum absolute atomic E-state index is 4.64. The number of aromatic amines is 1. The highest BCUT2D eigenvalue weighted by Gasteiger charge is 2.27. The monoisotopic (exact) mass is 539 g/mol. The van der Waals surface area contributed by atoms with E-state index in [1.807, 2.05) is 0 Å². The second-order valence-electron chi connectivity index (χ2n) is 13.1. The van der Waals surface area contributed by atoms with Crippen molar-refractivity contribution in [1.82, 2.24) is 4.98 Å². The van der Waals surface area contributed by atoms with E-state index in [2.05, 4.69) is 150 Å². The lowest BCUT2D eigenvalue weighted by molar-refractivity contribution is 0.506. The van der Waals surface area contributed by atoms with Crippen LogP contribution in [0, 0.1) is 18.3 Å². The molecule has 41 heavy (non-hydrogen) atoms. The molecule has 1 heteroatoms. The van der Waals surface area contributed by atoms with Gasteiger partial charge in [0.25, 0.3) is 0 Å². The van der Waals surface area contributed by atoms with Crippen LogP contribution in [0.4, 0.5) is 0 Å². The van der Waals surface area contributed by atoms with Gasteiger partial charge in [-0.1, -0.05) is 126 Å². The number of allylic oxidation sites excluding steroid dienone is 5. The van der Waals surface area contributed by atoms with Crippen molar-refractivity contribution >= 4 is 5.57 Å². The summed E-state index contributed by atoms with van der Waals surface area (Å²) in [6.45, 7) is 18.4. The number of aromatic nitrogens is 1. The van der Waals surface area contributed by atoms with Crippen LogP contribution < -0.4 is 0 Å². The molecule has 1 atom stereocenters. The Kier molecular flexibility index (Phi) is 8.36. The highest BCUT2D eigenvalue weighted by Crippen LogP contribution is 2.44. The van der Waals surface area contributed by atoms with Gasteiger partial charge in [0.05, 0.1) is 0 Å². The zero-order valence-electron chi connectivity index (χ0n) is 25.7. The molecule has 210 valence electrons. The minimum Gasteiger partial charge on any atom is -0.359 e. The zero-order valence-corrected chi connectivity index (χ0v) is 25.7. The van der Waals surface area contributed by atoms with Gasteiger partial charge in [-0.25, -0.2) is 0 Å². The van der Waals surface area contributed by atoms with E-state index in [9.17, 15) is 0 Å². The number of benzene rings is 3. The summed E-state index contributed by atoms with van der Waals surface area (Å²) in [6.07, 6.45) is 7.89. The van der Waals surface area contributed by atoms with Crippen LogP contribution in [-0.4, -0.2) is 4.98 Å². The molecule has 1 unspecified atom stereocenters. The highest BCUT2D eigenvalue weighted by molar-refractivity contribution is 5.79. The molecule has 0 bridgehead atoms. The standard InChI is InChI=1S/C40H45N/c1-27(2)35-21-19-31(30-13-9-8-10-14-30)25-38(35)37-26-34(40(5,6)7)20-18-33(37)24-28(3)23-32-15-11-12-16-36(32)39-22-17-29(4)41-39/h8-17,19-22,25-27,33,41H,3,18,23-24H2,1-2,4-7H3. The predicted molar refractivity (Wildman–Crippen MR) is 178 cm³/mol. The molecule has 0 saturated heterocycles. The average molecular weight is 540 g/mol. The second kappa shape index (κ2) is 12.0. The Morgan fingerprint density at radius 3 is 2.29 bits per heavy atom. The first kappa shape index (κ1) is 28.7. The molecule has 0 radical (unpaired) electrons. The Morgan fingerprint density at radius 1 is 0.878 bits per heavy atom. The minimum atomic E-state index is 0.107. The first-order valence-corrected chi connectivity index (χ1v) is 15.1. The Hall–Kier alpha value is -3.84. The van der Waals surface area contributed by atoms with Crippen LogP contribution in [0.3, 0.4) is 0 Å². The summed E-state index contributed by atoms with van der Waals surface area (Å²) in [7, 11) is 0. The van der Waals surface area contributed by atoms with E-state index in [0.29, 0.717) is 11.8 Å². The third-order valence-corrected chi connectivity index (χ3v) is 8.45. The molecule has 1 aromatic heterocycles. The van der Waals surface area contributed by atoms with Crippen molar-refractivity contribution in [3.63, 3.8) is 0 Å². The second-order valence-corrected chi connectivity index (χ2v) is 13.1. The highest BCUT2D eigenvalue weighted by atomic mass is 14.7. The van der Waals surface area contributed by atoms with Crippen LogP contribution >= 0.6 is 0 Å². The number of rotatable bonds is 8. The normalized spacial score (nSPS) is 15.5. The van der Waals surface area contributed by atoms with E-state index in [1.165, 1.54) is 61.5 Å². The lowest BCUT2D eigenvalue weighted by Crippen LogP contribution is -2.16. The van der Waals surface area contributed by atoms with Crippen LogP contribution in [0.15, 0.2) is 115 Å². The van der Waals surface area contributed by atoms with E-state index < -0.39 is 0 Å². The molecule has 0 aliphatic heterocycles. The lowest BCUT2D eigenvalue weighted by Gasteiger charge is -2.32. The summed E-state index contributed by atoms with van der Waals surface area (Å²) in [6, 6.07) is 31.0. The van der Waals surface area contributed by atoms with Crippen molar-refractivity contribution < 1.29 is 0 Å². The number of hydrogen-bond acceptors (Lipinski definition) is 0. The predicted octanol–water partition coefficient (Wildman–Crippen LogP) is 11.3. The fraction of sp³-hybridized carbons (Fsp3) is 0.300. The first-order chi connectivity index (χ1) is 19.6. The smallest absolute Gasteiger partial charge is 0.0458 e. The molecular weight excluding hydrogens is 494 g/mol. The zero-order chi connectivity index (χ0) is 29.1. The summed E-state index contributed by atoms with van der Waals surface area (Å²) in [5.74, 6) is 0.844. The Morgan fingerprint density at radius 2 is 1.61 bits per heavy atom. The summed E-state index contributed by atoms with van der Waals surface area (Å²) in [4.78, 5) is 3.52. The van der Waals surface area contributed by atoms with E-state index >= 15 is 0 Å². The number of hydrogen-bond donors (Lipinski definition) is 1. The van der Waals surface area contributed by atoms with Gasteiger partial charge in [0.1, 0.15) is 0 Å². The largest absolute Gasteiger partial charge is 0.359 e. The van der Waals surface area contributed by atoms with Crippen molar-refractivity contribution in [2.75, 3.05) is 0 Å². The average Bonchev–Trinajstić information content (AvgIpc) is 3.39. The van der Waals surface area contributed by atoms with Gasteiger partial charge in [0, 0.05) is 17.0 Å². The van der Waals surface area contributed by atoms with Gasteiger partial charge in [-0.3, -0.25) is 0 Å². The summed E-state index contributed by atoms with van der Waals surface area (Å²) in [5, 5.41) is 0. The SMILES string of the molecule is C=C(Cc1ccccc1-c1ccc(C)[nH]1)CC1CC=C(C(C)(C)C)C=C1c1cc(-c2ccccc2)ccc1C(C)C. The van der Waals surface area contributed by atoms with E-state index in [1.54, 1.807) is 0 Å². The van der Waals surface area contributed by atoms with Gasteiger partial charge >= 0.3 is 0 Å². The minimum absolute atomic E-state index is 0.107. The molecule has 3 aromatic carbocycles. The van der Waals surface area contributed by atoms with Crippen molar-refractivity contribution in [1.29, 1.82) is 0 Å². The molecule has 1 nitrogen and oxygen atoms in total. The Bertz CT molecular complexity index is 1580. The van der Waals surface area contributed by atoms with Crippen molar-refractivity contribution in [2.24, 2.45) is 11.3 Å². The molecule has 1 aliphatic rings. The maximum atomic E-state index is 4.64. The van der Waals surface area contributed by atoms with Crippen LogP contribution in [0.25, 0.3) is 28.0 Å². The van der Waals surface area contributed by atoms with E-state index in [-0.39, 0.29) is 5.41 Å². The fourth-order valence-electron chi connectivity index (χ4n) is 6.16. The fourth-order valence-corrected chi connectivity index (χ4v) is 6.16. The third-order valence-electron chi connectivity index (χ3n) is 8.45. The number of H-pyrrole nitrogens is 1. The molecule has 0 saturated carbocycles. The third kappa shape index (κ3) is 6.57. The van der Waals surface area contributed by atoms with Gasteiger partial charge in [-0.2, -0.15) is 0 Å². The van der Waals surface area contributed by atoms with Gasteiger partial charge in [-0.05, 0) is 101 Å². The molecule has 0 spiro atoms. The van der Waals surface area contributed by atoms with E-state index in [4.69, 9.17) is 0 Å². The van der Waals surface area contributed by atoms with Crippen LogP contribution in [-0.2, 0) is 6.42 Å². The molecule has 4 aromatic rings. The van der Waals surface area contributed by atoms with Gasteiger partial charge in [0.15, 0.2) is 0 Å².